The summed E-state index contributed by atoms with van der Waals surface area (Å²) in [5.41, 5.74) is 2.97. The Hall–Kier alpha value is -1.85. The van der Waals surface area contributed by atoms with Crippen LogP contribution in [0.15, 0.2) is 28.9 Å². The van der Waals surface area contributed by atoms with E-state index in [9.17, 15) is 9.90 Å². The SMILES string of the molecule is CCc1ccc2occ(CC(=O)N3CCNCC(O)C3)c2c1. The maximum Gasteiger partial charge on any atom is 0.227 e. The molecule has 5 heteroatoms. The lowest BCUT2D eigenvalue weighted by molar-refractivity contribution is -0.131. The summed E-state index contributed by atoms with van der Waals surface area (Å²) >= 11 is 0. The molecule has 3 rings (SSSR count). The molecule has 1 aromatic heterocycles. The summed E-state index contributed by atoms with van der Waals surface area (Å²) in [5, 5.41) is 13.9. The Bertz CT molecular complexity index is 665. The van der Waals surface area contributed by atoms with E-state index in [4.69, 9.17) is 4.42 Å². The van der Waals surface area contributed by atoms with Crippen molar-refractivity contribution in [3.05, 3.63) is 35.6 Å². The number of benzene rings is 1. The second-order valence-corrected chi connectivity index (χ2v) is 5.82. The number of nitrogens with one attached hydrogen (secondary N) is 1. The third kappa shape index (κ3) is 3.15. The zero-order valence-corrected chi connectivity index (χ0v) is 12.8. The minimum atomic E-state index is -0.501. The number of aliphatic hydroxyl groups excluding tert-OH is 1. The Morgan fingerprint density at radius 2 is 2.36 bits per heavy atom. The Labute approximate surface area is 129 Å². The van der Waals surface area contributed by atoms with Gasteiger partial charge in [0.2, 0.25) is 5.91 Å². The molecule has 1 aromatic carbocycles. The first-order valence-corrected chi connectivity index (χ1v) is 7.83. The van der Waals surface area contributed by atoms with Gasteiger partial charge in [0.05, 0.1) is 18.8 Å². The molecule has 1 atom stereocenters. The van der Waals surface area contributed by atoms with Gasteiger partial charge in [0, 0.05) is 37.1 Å². The fourth-order valence-corrected chi connectivity index (χ4v) is 2.88. The molecule has 1 amide bonds. The van der Waals surface area contributed by atoms with Crippen molar-refractivity contribution in [3.8, 4) is 0 Å². The molecular weight excluding hydrogens is 280 g/mol. The quantitative estimate of drug-likeness (QED) is 0.898. The highest BCUT2D eigenvalue weighted by atomic mass is 16.3. The Kier molecular flexibility index (Phi) is 4.45. The summed E-state index contributed by atoms with van der Waals surface area (Å²) in [4.78, 5) is 14.2. The van der Waals surface area contributed by atoms with Crippen LogP contribution in [0.3, 0.4) is 0 Å². The third-order valence-corrected chi connectivity index (χ3v) is 4.19. The predicted molar refractivity (Wildman–Crippen MR) is 84.8 cm³/mol. The number of amides is 1. The second kappa shape index (κ2) is 6.50. The van der Waals surface area contributed by atoms with Crippen LogP contribution in [0.25, 0.3) is 11.0 Å². The van der Waals surface area contributed by atoms with Crippen molar-refractivity contribution >= 4 is 16.9 Å². The molecule has 0 spiro atoms. The van der Waals surface area contributed by atoms with E-state index in [0.717, 1.165) is 29.5 Å². The lowest BCUT2D eigenvalue weighted by atomic mass is 10.1. The Morgan fingerprint density at radius 1 is 1.50 bits per heavy atom. The fraction of sp³-hybridized carbons (Fsp3) is 0.471. The standard InChI is InChI=1S/C17H22N2O3/c1-2-12-3-4-16-15(7-12)13(11-22-16)8-17(21)19-6-5-18-9-14(20)10-19/h3-4,7,11,14,18,20H,2,5-6,8-10H2,1H3. The first-order chi connectivity index (χ1) is 10.7. The lowest BCUT2D eigenvalue weighted by Crippen LogP contribution is -2.38. The number of rotatable bonds is 3. The van der Waals surface area contributed by atoms with Gasteiger partial charge in [-0.1, -0.05) is 13.0 Å². The number of hydrogen-bond donors (Lipinski definition) is 2. The van der Waals surface area contributed by atoms with Crippen LogP contribution in [-0.2, 0) is 17.6 Å². The van der Waals surface area contributed by atoms with Crippen LogP contribution < -0.4 is 5.32 Å². The monoisotopic (exact) mass is 302 g/mol. The maximum absolute atomic E-state index is 12.5. The molecule has 5 nitrogen and oxygen atoms in total. The first-order valence-electron chi connectivity index (χ1n) is 7.83. The van der Waals surface area contributed by atoms with Crippen molar-refractivity contribution in [2.75, 3.05) is 26.2 Å². The van der Waals surface area contributed by atoms with Crippen LogP contribution >= 0.6 is 0 Å². The average Bonchev–Trinajstić information content (AvgIpc) is 2.78. The van der Waals surface area contributed by atoms with E-state index in [1.807, 2.05) is 12.1 Å². The molecule has 2 N–H and O–H groups in total. The van der Waals surface area contributed by atoms with Crippen molar-refractivity contribution in [1.29, 1.82) is 0 Å². The minimum absolute atomic E-state index is 0.0346. The molecule has 118 valence electrons. The number of hydrogen-bond acceptors (Lipinski definition) is 4. The lowest BCUT2D eigenvalue weighted by Gasteiger charge is -2.21. The number of carbonyl (C=O) groups excluding carboxylic acids is 1. The molecule has 1 aliphatic rings. The number of aliphatic hydroxyl groups is 1. The van der Waals surface area contributed by atoms with Gasteiger partial charge in [-0.25, -0.2) is 0 Å². The van der Waals surface area contributed by atoms with Crippen molar-refractivity contribution in [2.24, 2.45) is 0 Å². The Balaban J connectivity index is 1.78. The van der Waals surface area contributed by atoms with E-state index < -0.39 is 6.10 Å². The molecule has 22 heavy (non-hydrogen) atoms. The zero-order chi connectivity index (χ0) is 15.5. The van der Waals surface area contributed by atoms with Gasteiger partial charge in [0.15, 0.2) is 0 Å². The number of aryl methyl sites for hydroxylation is 1. The number of nitrogens with zero attached hydrogens (tertiary/aromatic N) is 1. The van der Waals surface area contributed by atoms with E-state index in [2.05, 4.69) is 18.3 Å². The third-order valence-electron chi connectivity index (χ3n) is 4.19. The Morgan fingerprint density at radius 3 is 3.18 bits per heavy atom. The van der Waals surface area contributed by atoms with Gasteiger partial charge in [0.25, 0.3) is 0 Å². The number of fused-ring (bicyclic) bond motifs is 1. The van der Waals surface area contributed by atoms with E-state index in [-0.39, 0.29) is 5.91 Å². The van der Waals surface area contributed by atoms with Crippen molar-refractivity contribution in [3.63, 3.8) is 0 Å². The summed E-state index contributed by atoms with van der Waals surface area (Å²) in [6.07, 6.45) is 2.44. The number of furan rings is 1. The summed E-state index contributed by atoms with van der Waals surface area (Å²) in [7, 11) is 0. The van der Waals surface area contributed by atoms with Crippen LogP contribution in [0.1, 0.15) is 18.1 Å². The van der Waals surface area contributed by atoms with Crippen LogP contribution in [0.5, 0.6) is 0 Å². The molecule has 0 radical (unpaired) electrons. The van der Waals surface area contributed by atoms with Crippen LogP contribution in [0, 0.1) is 0 Å². The van der Waals surface area contributed by atoms with Crippen LogP contribution in [-0.4, -0.2) is 48.2 Å². The smallest absolute Gasteiger partial charge is 0.227 e. The predicted octanol–water partition coefficient (Wildman–Crippen LogP) is 1.33. The number of β-amino-alcohol motifs (C(OH)–C–C–N with tert-alkyl or cyclic N) is 1. The van der Waals surface area contributed by atoms with Gasteiger partial charge >= 0.3 is 0 Å². The largest absolute Gasteiger partial charge is 0.464 e. The van der Waals surface area contributed by atoms with Crippen molar-refractivity contribution < 1.29 is 14.3 Å². The highest BCUT2D eigenvalue weighted by Gasteiger charge is 2.21. The van der Waals surface area contributed by atoms with Gasteiger partial charge in [0.1, 0.15) is 5.58 Å². The van der Waals surface area contributed by atoms with Crippen LogP contribution in [0.4, 0.5) is 0 Å². The van der Waals surface area contributed by atoms with E-state index in [1.165, 1.54) is 5.56 Å². The molecule has 0 saturated carbocycles. The van der Waals surface area contributed by atoms with Crippen molar-refractivity contribution in [1.82, 2.24) is 10.2 Å². The fourth-order valence-electron chi connectivity index (χ4n) is 2.88. The summed E-state index contributed by atoms with van der Waals surface area (Å²) in [5.74, 6) is 0.0346. The maximum atomic E-state index is 12.5. The van der Waals surface area contributed by atoms with Crippen LogP contribution in [0.2, 0.25) is 0 Å². The summed E-state index contributed by atoms with van der Waals surface area (Å²) in [6, 6.07) is 6.11. The normalized spacial score (nSPS) is 19.4. The van der Waals surface area contributed by atoms with E-state index >= 15 is 0 Å². The van der Waals surface area contributed by atoms with E-state index in [1.54, 1.807) is 11.2 Å². The molecule has 1 saturated heterocycles. The van der Waals surface area contributed by atoms with Gasteiger partial charge in [-0.3, -0.25) is 4.79 Å². The molecule has 1 fully saturated rings. The zero-order valence-electron chi connectivity index (χ0n) is 12.8. The molecule has 0 bridgehead atoms. The average molecular weight is 302 g/mol. The van der Waals surface area contributed by atoms with Gasteiger partial charge in [-0.05, 0) is 24.1 Å². The molecule has 2 heterocycles. The summed E-state index contributed by atoms with van der Waals surface area (Å²) < 4.78 is 5.55. The second-order valence-electron chi connectivity index (χ2n) is 5.82. The number of carbonyl (C=O) groups is 1. The molecule has 2 aromatic rings. The highest BCUT2D eigenvalue weighted by molar-refractivity contribution is 5.88. The molecule has 1 aliphatic heterocycles. The van der Waals surface area contributed by atoms with E-state index in [0.29, 0.717) is 26.1 Å². The van der Waals surface area contributed by atoms with Gasteiger partial charge < -0.3 is 19.7 Å². The van der Waals surface area contributed by atoms with Crippen molar-refractivity contribution in [2.45, 2.75) is 25.9 Å². The summed E-state index contributed by atoms with van der Waals surface area (Å²) in [6.45, 7) is 4.39. The minimum Gasteiger partial charge on any atom is -0.464 e. The highest BCUT2D eigenvalue weighted by Crippen LogP contribution is 2.23. The molecule has 1 unspecified atom stereocenters. The van der Waals surface area contributed by atoms with Gasteiger partial charge in [-0.15, -0.1) is 0 Å². The molecular formula is C17H22N2O3. The van der Waals surface area contributed by atoms with Gasteiger partial charge in [-0.2, -0.15) is 0 Å². The first kappa shape index (κ1) is 15.1. The topological polar surface area (TPSA) is 65.7 Å². The molecule has 0 aliphatic carbocycles.